The van der Waals surface area contributed by atoms with Gasteiger partial charge >= 0.3 is 0 Å². The van der Waals surface area contributed by atoms with E-state index in [9.17, 15) is 8.42 Å². The van der Waals surface area contributed by atoms with Crippen LogP contribution < -0.4 is 11.1 Å². The van der Waals surface area contributed by atoms with Crippen LogP contribution in [0.3, 0.4) is 0 Å². The Morgan fingerprint density at radius 3 is 2.39 bits per heavy atom. The van der Waals surface area contributed by atoms with Crippen molar-refractivity contribution in [2.45, 2.75) is 19.3 Å². The third-order valence-electron chi connectivity index (χ3n) is 2.58. The van der Waals surface area contributed by atoms with Crippen molar-refractivity contribution < 1.29 is 13.0 Å². The normalized spacial score (nSPS) is 11.6. The van der Waals surface area contributed by atoms with Gasteiger partial charge in [0.1, 0.15) is 0 Å². The van der Waals surface area contributed by atoms with Crippen molar-refractivity contribution in [3.05, 3.63) is 29.8 Å². The second-order valence-corrected chi connectivity index (χ2v) is 5.81. The summed E-state index contributed by atoms with van der Waals surface area (Å²) < 4.78 is 29.4. The minimum atomic E-state index is -3.80. The fraction of sp³-hybridized carbons (Fsp3) is 0.500. The van der Waals surface area contributed by atoms with E-state index in [2.05, 4.69) is 5.32 Å². The molecule has 0 bridgehead atoms. The maximum Gasteiger partial charge on any atom is 0.264 e. The lowest BCUT2D eigenvalue weighted by atomic mass is 10.1. The zero-order chi connectivity index (χ0) is 13.4. The number of nitrogens with one attached hydrogen (secondary N) is 1. The summed E-state index contributed by atoms with van der Waals surface area (Å²) in [5.41, 5.74) is 7.56. The molecule has 6 heteroatoms. The van der Waals surface area contributed by atoms with E-state index in [4.69, 9.17) is 10.3 Å². The fourth-order valence-electron chi connectivity index (χ4n) is 1.58. The number of hydrogen-bond acceptors (Lipinski definition) is 4. The van der Waals surface area contributed by atoms with Gasteiger partial charge in [-0.2, -0.15) is 8.42 Å². The highest BCUT2D eigenvalue weighted by atomic mass is 32.2. The van der Waals surface area contributed by atoms with Crippen LogP contribution in [0, 0.1) is 0 Å². The maximum absolute atomic E-state index is 10.5. The van der Waals surface area contributed by atoms with Crippen LogP contribution in [0.4, 0.5) is 5.69 Å². The molecule has 0 radical (unpaired) electrons. The zero-order valence-electron chi connectivity index (χ0n) is 10.3. The zero-order valence-corrected chi connectivity index (χ0v) is 11.1. The fourth-order valence-corrected chi connectivity index (χ4v) is 2.15. The van der Waals surface area contributed by atoms with E-state index in [1.807, 2.05) is 24.3 Å². The Bertz CT molecular complexity index is 443. The molecular weight excluding hydrogens is 252 g/mol. The molecule has 5 nitrogen and oxygen atoms in total. The Morgan fingerprint density at radius 2 is 1.78 bits per heavy atom. The van der Waals surface area contributed by atoms with Crippen molar-refractivity contribution in [2.75, 3.05) is 24.6 Å². The van der Waals surface area contributed by atoms with Crippen molar-refractivity contribution in [3.8, 4) is 0 Å². The quantitative estimate of drug-likeness (QED) is 0.374. The third kappa shape index (κ3) is 7.26. The van der Waals surface area contributed by atoms with Crippen LogP contribution in [0.1, 0.15) is 18.4 Å². The molecule has 0 saturated carbocycles. The standard InChI is InChI=1S/C12H20N2O3S/c13-12-5-3-11(4-6-12)7-9-14-8-1-2-10-18(15,16)17/h3-6,14H,1-2,7-10,13H2,(H,15,16,17). The Hall–Kier alpha value is -1.11. The minimum absolute atomic E-state index is 0.160. The molecule has 1 aromatic carbocycles. The Kier molecular flexibility index (Phi) is 6.11. The highest BCUT2D eigenvalue weighted by Crippen LogP contribution is 2.05. The molecule has 0 aliphatic rings. The first-order valence-corrected chi connectivity index (χ1v) is 7.58. The van der Waals surface area contributed by atoms with Gasteiger partial charge < -0.3 is 11.1 Å². The summed E-state index contributed by atoms with van der Waals surface area (Å²) in [5, 5.41) is 3.23. The molecule has 0 heterocycles. The largest absolute Gasteiger partial charge is 0.399 e. The van der Waals surface area contributed by atoms with Gasteiger partial charge in [-0.25, -0.2) is 0 Å². The molecule has 18 heavy (non-hydrogen) atoms. The van der Waals surface area contributed by atoms with Crippen LogP contribution in [-0.4, -0.2) is 31.8 Å². The lowest BCUT2D eigenvalue weighted by Gasteiger charge is -2.05. The summed E-state index contributed by atoms with van der Waals surface area (Å²) >= 11 is 0. The summed E-state index contributed by atoms with van der Waals surface area (Å²) in [4.78, 5) is 0. The van der Waals surface area contributed by atoms with E-state index in [0.717, 1.165) is 31.6 Å². The van der Waals surface area contributed by atoms with Crippen LogP contribution in [-0.2, 0) is 16.5 Å². The molecule has 0 amide bonds. The van der Waals surface area contributed by atoms with Gasteiger partial charge in [0.15, 0.2) is 0 Å². The average Bonchev–Trinajstić information content (AvgIpc) is 2.29. The van der Waals surface area contributed by atoms with Crippen molar-refractivity contribution in [1.29, 1.82) is 0 Å². The number of benzene rings is 1. The van der Waals surface area contributed by atoms with Crippen LogP contribution in [0.25, 0.3) is 0 Å². The third-order valence-corrected chi connectivity index (χ3v) is 3.38. The molecule has 102 valence electrons. The van der Waals surface area contributed by atoms with Gasteiger partial charge in [-0.1, -0.05) is 12.1 Å². The first-order valence-electron chi connectivity index (χ1n) is 5.98. The Morgan fingerprint density at radius 1 is 1.11 bits per heavy atom. The highest BCUT2D eigenvalue weighted by molar-refractivity contribution is 7.85. The SMILES string of the molecule is Nc1ccc(CCNCCCCS(=O)(=O)O)cc1. The van der Waals surface area contributed by atoms with Crippen LogP contribution in [0.5, 0.6) is 0 Å². The summed E-state index contributed by atoms with van der Waals surface area (Å²) in [5.74, 6) is -0.160. The number of rotatable bonds is 8. The van der Waals surface area contributed by atoms with Crippen molar-refractivity contribution >= 4 is 15.8 Å². The topological polar surface area (TPSA) is 92.4 Å². The Balaban J connectivity index is 2.04. The molecule has 1 rings (SSSR count). The van der Waals surface area contributed by atoms with Gasteiger partial charge in [-0.15, -0.1) is 0 Å². The minimum Gasteiger partial charge on any atom is -0.399 e. The molecule has 0 atom stereocenters. The van der Waals surface area contributed by atoms with Crippen LogP contribution in [0.15, 0.2) is 24.3 Å². The van der Waals surface area contributed by atoms with Gasteiger partial charge in [0.25, 0.3) is 10.1 Å². The van der Waals surface area contributed by atoms with Crippen molar-refractivity contribution in [1.82, 2.24) is 5.32 Å². The van der Waals surface area contributed by atoms with Crippen molar-refractivity contribution in [3.63, 3.8) is 0 Å². The average molecular weight is 272 g/mol. The predicted molar refractivity (Wildman–Crippen MR) is 73.1 cm³/mol. The summed E-state index contributed by atoms with van der Waals surface area (Å²) in [7, 11) is -3.80. The van der Waals surface area contributed by atoms with Crippen LogP contribution >= 0.6 is 0 Å². The van der Waals surface area contributed by atoms with E-state index in [-0.39, 0.29) is 5.75 Å². The lowest BCUT2D eigenvalue weighted by Crippen LogP contribution is -2.19. The van der Waals surface area contributed by atoms with E-state index in [1.165, 1.54) is 5.56 Å². The molecule has 0 spiro atoms. The molecule has 0 unspecified atom stereocenters. The first kappa shape index (κ1) is 14.9. The number of unbranched alkanes of at least 4 members (excludes halogenated alkanes) is 1. The Labute approximate surface area is 108 Å². The van der Waals surface area contributed by atoms with Gasteiger partial charge in [-0.05, 0) is 50.0 Å². The van der Waals surface area contributed by atoms with E-state index in [0.29, 0.717) is 6.42 Å². The molecule has 0 aliphatic carbocycles. The second-order valence-electron chi connectivity index (χ2n) is 4.23. The molecule has 0 aromatic heterocycles. The lowest BCUT2D eigenvalue weighted by molar-refractivity contribution is 0.479. The molecule has 0 aliphatic heterocycles. The summed E-state index contributed by atoms with van der Waals surface area (Å²) in [6.07, 6.45) is 2.13. The van der Waals surface area contributed by atoms with E-state index < -0.39 is 10.1 Å². The number of nitrogens with two attached hydrogens (primary N) is 1. The number of anilines is 1. The highest BCUT2D eigenvalue weighted by Gasteiger charge is 2.02. The van der Waals surface area contributed by atoms with Gasteiger partial charge in [0.05, 0.1) is 5.75 Å². The van der Waals surface area contributed by atoms with Gasteiger partial charge in [-0.3, -0.25) is 4.55 Å². The van der Waals surface area contributed by atoms with Crippen LogP contribution in [0.2, 0.25) is 0 Å². The monoisotopic (exact) mass is 272 g/mol. The smallest absolute Gasteiger partial charge is 0.264 e. The summed E-state index contributed by atoms with van der Waals surface area (Å²) in [6.45, 7) is 1.60. The van der Waals surface area contributed by atoms with Gasteiger partial charge in [0, 0.05) is 5.69 Å². The van der Waals surface area contributed by atoms with Gasteiger partial charge in [0.2, 0.25) is 0 Å². The molecular formula is C12H20N2O3S. The molecule has 4 N–H and O–H groups in total. The maximum atomic E-state index is 10.5. The molecule has 0 fully saturated rings. The second kappa shape index (κ2) is 7.35. The molecule has 1 aromatic rings. The molecule has 0 saturated heterocycles. The van der Waals surface area contributed by atoms with E-state index >= 15 is 0 Å². The number of hydrogen-bond donors (Lipinski definition) is 3. The first-order chi connectivity index (χ1) is 8.47. The van der Waals surface area contributed by atoms with E-state index in [1.54, 1.807) is 0 Å². The number of nitrogen functional groups attached to an aromatic ring is 1. The summed E-state index contributed by atoms with van der Waals surface area (Å²) in [6, 6.07) is 7.74. The van der Waals surface area contributed by atoms with Crippen molar-refractivity contribution in [2.24, 2.45) is 0 Å². The predicted octanol–water partition coefficient (Wildman–Crippen LogP) is 1.07.